The van der Waals surface area contributed by atoms with Gasteiger partial charge in [0.05, 0.1) is 0 Å². The lowest BCUT2D eigenvalue weighted by atomic mass is 9.84. The van der Waals surface area contributed by atoms with E-state index in [-0.39, 0.29) is 31.5 Å². The van der Waals surface area contributed by atoms with Crippen molar-refractivity contribution in [3.63, 3.8) is 0 Å². The predicted molar refractivity (Wildman–Crippen MR) is 63.0 cm³/mol. The molecule has 1 amide bonds. The van der Waals surface area contributed by atoms with Crippen molar-refractivity contribution in [3.05, 3.63) is 0 Å². The van der Waals surface area contributed by atoms with E-state index in [4.69, 9.17) is 0 Å². The van der Waals surface area contributed by atoms with Crippen LogP contribution in [-0.4, -0.2) is 43.2 Å². The Bertz CT molecular complexity index is 309. The molecule has 0 aliphatic carbocycles. The molecule has 0 aromatic carbocycles. The van der Waals surface area contributed by atoms with Crippen LogP contribution in [-0.2, 0) is 4.79 Å². The number of carbonyl (C=O) groups excluding carboxylic acids is 1. The van der Waals surface area contributed by atoms with Gasteiger partial charge < -0.3 is 10.2 Å². The van der Waals surface area contributed by atoms with Gasteiger partial charge in [0, 0.05) is 19.6 Å². The van der Waals surface area contributed by atoms with Crippen molar-refractivity contribution in [1.29, 1.82) is 0 Å². The summed E-state index contributed by atoms with van der Waals surface area (Å²) < 4.78 is 39.6. The monoisotopic (exact) mass is 266 g/mol. The summed E-state index contributed by atoms with van der Waals surface area (Å²) in [6.07, 6.45) is -4.68. The average Bonchev–Trinajstić information content (AvgIpc) is 2.75. The number of hydrogen-bond acceptors (Lipinski definition) is 2. The van der Waals surface area contributed by atoms with Gasteiger partial charge in [-0.05, 0) is 25.8 Å². The third-order valence-corrected chi connectivity index (χ3v) is 4.00. The van der Waals surface area contributed by atoms with E-state index in [0.29, 0.717) is 0 Å². The third-order valence-electron chi connectivity index (χ3n) is 4.00. The van der Waals surface area contributed by atoms with Crippen molar-refractivity contribution in [3.8, 4) is 0 Å². The molecule has 0 radical (unpaired) electrons. The second-order valence-electron chi connectivity index (χ2n) is 5.41. The van der Waals surface area contributed by atoms with Crippen molar-refractivity contribution in [2.75, 3.05) is 20.1 Å². The minimum absolute atomic E-state index is 0.124. The molecule has 0 spiro atoms. The molecule has 6 heteroatoms. The summed E-state index contributed by atoms with van der Waals surface area (Å²) in [6.45, 7) is 5.47. The van der Waals surface area contributed by atoms with E-state index in [0.717, 1.165) is 0 Å². The number of amides is 1. The van der Waals surface area contributed by atoms with Crippen molar-refractivity contribution in [2.24, 2.45) is 11.3 Å². The Balaban J connectivity index is 2.98. The molecule has 18 heavy (non-hydrogen) atoms. The summed E-state index contributed by atoms with van der Waals surface area (Å²) in [5, 5.41) is 2.66. The molecule has 0 aromatic heterocycles. The van der Waals surface area contributed by atoms with E-state index in [1.807, 2.05) is 13.8 Å². The standard InChI is InChI=1S/C12H21F3N2O/c1-8(2)9(3)17(4)10(18)11(12(13,14)15)5-6-16-7-11/h8-9,16H,5-7H2,1-4H3. The predicted octanol–water partition coefficient (Wildman–Crippen LogP) is 2.03. The maximum Gasteiger partial charge on any atom is 0.404 e. The van der Waals surface area contributed by atoms with Gasteiger partial charge in [-0.1, -0.05) is 13.8 Å². The lowest BCUT2D eigenvalue weighted by Crippen LogP contribution is -2.55. The Morgan fingerprint density at radius 3 is 2.22 bits per heavy atom. The van der Waals surface area contributed by atoms with Crippen LogP contribution >= 0.6 is 0 Å². The second kappa shape index (κ2) is 5.07. The molecular weight excluding hydrogens is 245 g/mol. The number of nitrogens with one attached hydrogen (secondary N) is 1. The summed E-state index contributed by atoms with van der Waals surface area (Å²) >= 11 is 0. The number of alkyl halides is 3. The fraction of sp³-hybridized carbons (Fsp3) is 0.917. The van der Waals surface area contributed by atoms with Crippen molar-refractivity contribution in [1.82, 2.24) is 10.2 Å². The lowest BCUT2D eigenvalue weighted by molar-refractivity contribution is -0.222. The van der Waals surface area contributed by atoms with E-state index in [9.17, 15) is 18.0 Å². The first-order valence-electron chi connectivity index (χ1n) is 6.18. The second-order valence-corrected chi connectivity index (χ2v) is 5.41. The minimum atomic E-state index is -4.50. The molecule has 0 aromatic rings. The first kappa shape index (κ1) is 15.3. The van der Waals surface area contributed by atoms with Gasteiger partial charge in [0.1, 0.15) is 0 Å². The topological polar surface area (TPSA) is 32.3 Å². The zero-order chi connectivity index (χ0) is 14.1. The third kappa shape index (κ3) is 2.48. The zero-order valence-corrected chi connectivity index (χ0v) is 11.3. The number of nitrogens with zero attached hydrogens (tertiary/aromatic N) is 1. The van der Waals surface area contributed by atoms with Gasteiger partial charge >= 0.3 is 6.18 Å². The van der Waals surface area contributed by atoms with Gasteiger partial charge in [0.2, 0.25) is 5.91 Å². The van der Waals surface area contributed by atoms with Crippen LogP contribution < -0.4 is 5.32 Å². The van der Waals surface area contributed by atoms with Gasteiger partial charge in [0.25, 0.3) is 0 Å². The molecule has 3 nitrogen and oxygen atoms in total. The SMILES string of the molecule is CC(C)C(C)N(C)C(=O)C1(C(F)(F)F)CCNC1. The summed E-state index contributed by atoms with van der Waals surface area (Å²) in [4.78, 5) is 13.5. The normalized spacial score (nSPS) is 26.4. The summed E-state index contributed by atoms with van der Waals surface area (Å²) in [7, 11) is 1.46. The van der Waals surface area contributed by atoms with Gasteiger partial charge in [0.15, 0.2) is 5.41 Å². The summed E-state index contributed by atoms with van der Waals surface area (Å²) in [5.41, 5.74) is -2.25. The molecule has 1 fully saturated rings. The van der Waals surface area contributed by atoms with Crippen LogP contribution in [0.3, 0.4) is 0 Å². The molecule has 2 atom stereocenters. The molecule has 1 N–H and O–H groups in total. The molecule has 1 saturated heterocycles. The van der Waals surface area contributed by atoms with Crippen LogP contribution in [0.15, 0.2) is 0 Å². The molecule has 1 aliphatic rings. The molecule has 0 saturated carbocycles. The fourth-order valence-corrected chi connectivity index (χ4v) is 2.21. The van der Waals surface area contributed by atoms with E-state index < -0.39 is 17.5 Å². The summed E-state index contributed by atoms with van der Waals surface area (Å²) in [5.74, 6) is -0.695. The largest absolute Gasteiger partial charge is 0.404 e. The maximum absolute atomic E-state index is 13.2. The Kier molecular flexibility index (Phi) is 4.30. The Morgan fingerprint density at radius 1 is 1.33 bits per heavy atom. The van der Waals surface area contributed by atoms with Crippen LogP contribution in [0.2, 0.25) is 0 Å². The number of hydrogen-bond donors (Lipinski definition) is 1. The average molecular weight is 266 g/mol. The maximum atomic E-state index is 13.2. The fourth-order valence-electron chi connectivity index (χ4n) is 2.21. The van der Waals surface area contributed by atoms with Crippen LogP contribution in [0.4, 0.5) is 13.2 Å². The Morgan fingerprint density at radius 2 is 1.89 bits per heavy atom. The van der Waals surface area contributed by atoms with E-state index >= 15 is 0 Å². The van der Waals surface area contributed by atoms with Gasteiger partial charge in [-0.25, -0.2) is 0 Å². The summed E-state index contributed by atoms with van der Waals surface area (Å²) in [6, 6.07) is -0.211. The minimum Gasteiger partial charge on any atom is -0.342 e. The van der Waals surface area contributed by atoms with Crippen molar-refractivity contribution < 1.29 is 18.0 Å². The Labute approximate surface area is 106 Å². The quantitative estimate of drug-likeness (QED) is 0.847. The number of rotatable bonds is 3. The molecule has 0 bridgehead atoms. The van der Waals surface area contributed by atoms with Crippen LogP contribution in [0.1, 0.15) is 27.2 Å². The molecule has 1 aliphatic heterocycles. The van der Waals surface area contributed by atoms with Crippen LogP contribution in [0, 0.1) is 11.3 Å². The van der Waals surface area contributed by atoms with Crippen LogP contribution in [0.5, 0.6) is 0 Å². The molecule has 1 rings (SSSR count). The first-order chi connectivity index (χ1) is 8.13. The smallest absolute Gasteiger partial charge is 0.342 e. The number of halogens is 3. The molecule has 2 unspecified atom stereocenters. The van der Waals surface area contributed by atoms with Gasteiger partial charge in [-0.3, -0.25) is 4.79 Å². The highest BCUT2D eigenvalue weighted by Crippen LogP contribution is 2.44. The van der Waals surface area contributed by atoms with Crippen molar-refractivity contribution >= 4 is 5.91 Å². The molecular formula is C12H21F3N2O. The van der Waals surface area contributed by atoms with Gasteiger partial charge in [-0.15, -0.1) is 0 Å². The highest BCUT2D eigenvalue weighted by molar-refractivity contribution is 5.84. The highest BCUT2D eigenvalue weighted by Gasteiger charge is 2.62. The van der Waals surface area contributed by atoms with Crippen molar-refractivity contribution in [2.45, 2.75) is 39.4 Å². The van der Waals surface area contributed by atoms with E-state index in [1.54, 1.807) is 6.92 Å². The first-order valence-corrected chi connectivity index (χ1v) is 6.18. The Hall–Kier alpha value is -0.780. The number of carbonyl (C=O) groups is 1. The van der Waals surface area contributed by atoms with Crippen LogP contribution in [0.25, 0.3) is 0 Å². The van der Waals surface area contributed by atoms with Gasteiger partial charge in [-0.2, -0.15) is 13.2 Å². The van der Waals surface area contributed by atoms with E-state index in [2.05, 4.69) is 5.32 Å². The molecule has 1 heterocycles. The lowest BCUT2D eigenvalue weighted by Gasteiger charge is -2.37. The van der Waals surface area contributed by atoms with E-state index in [1.165, 1.54) is 11.9 Å². The highest BCUT2D eigenvalue weighted by atomic mass is 19.4. The molecule has 106 valence electrons. The zero-order valence-electron chi connectivity index (χ0n) is 11.3.